The molecular formula is C11H14Cl2N2O. The Hall–Kier alpha value is -0.350. The molecule has 0 spiro atoms. The van der Waals surface area contributed by atoms with Crippen LogP contribution in [0.25, 0.3) is 0 Å². The summed E-state index contributed by atoms with van der Waals surface area (Å²) < 4.78 is 5.40. The molecule has 88 valence electrons. The lowest BCUT2D eigenvalue weighted by molar-refractivity contribution is -0.00303. The molecule has 2 heterocycles. The molecule has 1 aliphatic rings. The van der Waals surface area contributed by atoms with E-state index in [9.17, 15) is 0 Å². The Kier molecular flexibility index (Phi) is 4.41. The van der Waals surface area contributed by atoms with Gasteiger partial charge >= 0.3 is 0 Å². The highest BCUT2D eigenvalue weighted by Gasteiger charge is 2.22. The van der Waals surface area contributed by atoms with Crippen LogP contribution in [0, 0.1) is 0 Å². The van der Waals surface area contributed by atoms with Gasteiger partial charge in [-0.2, -0.15) is 0 Å². The smallest absolute Gasteiger partial charge is 0.0634 e. The number of morpholine rings is 1. The van der Waals surface area contributed by atoms with Crippen LogP contribution >= 0.6 is 23.2 Å². The zero-order valence-corrected chi connectivity index (χ0v) is 10.4. The number of aromatic nitrogens is 1. The average molecular weight is 261 g/mol. The highest BCUT2D eigenvalue weighted by molar-refractivity contribution is 6.31. The predicted octanol–water partition coefficient (Wildman–Crippen LogP) is 2.17. The molecule has 0 saturated carbocycles. The van der Waals surface area contributed by atoms with Crippen LogP contribution in [0.5, 0.6) is 0 Å². The second-order valence-corrected chi connectivity index (χ2v) is 4.54. The maximum absolute atomic E-state index is 6.08. The molecule has 0 radical (unpaired) electrons. The van der Waals surface area contributed by atoms with Crippen molar-refractivity contribution in [3.05, 3.63) is 29.0 Å². The lowest BCUT2D eigenvalue weighted by Crippen LogP contribution is -2.45. The molecule has 1 aromatic heterocycles. The van der Waals surface area contributed by atoms with Gasteiger partial charge in [0, 0.05) is 37.4 Å². The van der Waals surface area contributed by atoms with Gasteiger partial charge in [0.25, 0.3) is 0 Å². The summed E-state index contributed by atoms with van der Waals surface area (Å²) in [7, 11) is 0. The number of alkyl halides is 1. The van der Waals surface area contributed by atoms with E-state index < -0.39 is 0 Å². The maximum Gasteiger partial charge on any atom is 0.0634 e. The van der Waals surface area contributed by atoms with Crippen molar-refractivity contribution in [2.24, 2.45) is 0 Å². The Labute approximate surface area is 105 Å². The Bertz CT molecular complexity index is 349. The quantitative estimate of drug-likeness (QED) is 0.780. The first-order valence-corrected chi connectivity index (χ1v) is 6.18. The molecule has 1 aromatic rings. The number of ether oxygens (including phenoxy) is 1. The molecular weight excluding hydrogens is 247 g/mol. The fourth-order valence-corrected chi connectivity index (χ4v) is 2.25. The number of nitrogens with zero attached hydrogens (tertiary/aromatic N) is 2. The van der Waals surface area contributed by atoms with Gasteiger partial charge < -0.3 is 4.74 Å². The summed E-state index contributed by atoms with van der Waals surface area (Å²) in [6.07, 6.45) is 3.43. The minimum absolute atomic E-state index is 0.277. The van der Waals surface area contributed by atoms with E-state index in [2.05, 4.69) is 9.88 Å². The summed E-state index contributed by atoms with van der Waals surface area (Å²) in [5, 5.41) is 0.710. The summed E-state index contributed by atoms with van der Waals surface area (Å²) in [5.74, 6) is 0.586. The first kappa shape index (κ1) is 12.1. The number of rotatable bonds is 3. The Balaban J connectivity index is 2.05. The third-order valence-electron chi connectivity index (χ3n) is 2.76. The van der Waals surface area contributed by atoms with Crippen LogP contribution in [0.3, 0.4) is 0 Å². The normalized spacial score (nSPS) is 22.2. The third kappa shape index (κ3) is 2.86. The van der Waals surface area contributed by atoms with Crippen molar-refractivity contribution in [2.45, 2.75) is 12.6 Å². The Morgan fingerprint density at radius 1 is 1.56 bits per heavy atom. The lowest BCUT2D eigenvalue weighted by atomic mass is 10.2. The molecule has 5 heteroatoms. The molecule has 1 aliphatic heterocycles. The molecule has 0 N–H and O–H groups in total. The molecule has 1 fully saturated rings. The minimum atomic E-state index is 0.277. The predicted molar refractivity (Wildman–Crippen MR) is 65.0 cm³/mol. The largest absolute Gasteiger partial charge is 0.378 e. The van der Waals surface area contributed by atoms with E-state index in [1.165, 1.54) is 0 Å². The van der Waals surface area contributed by atoms with E-state index in [-0.39, 0.29) is 6.04 Å². The van der Waals surface area contributed by atoms with Gasteiger partial charge in [-0.3, -0.25) is 9.88 Å². The molecule has 3 nitrogen and oxygen atoms in total. The molecule has 0 aliphatic carbocycles. The molecule has 1 atom stereocenters. The maximum atomic E-state index is 6.08. The van der Waals surface area contributed by atoms with Crippen LogP contribution in [0.1, 0.15) is 5.56 Å². The second-order valence-electron chi connectivity index (χ2n) is 3.82. The van der Waals surface area contributed by atoms with Crippen molar-refractivity contribution >= 4 is 23.2 Å². The van der Waals surface area contributed by atoms with Gasteiger partial charge in [-0.1, -0.05) is 11.6 Å². The zero-order valence-electron chi connectivity index (χ0n) is 8.90. The fourth-order valence-electron chi connectivity index (χ4n) is 1.79. The van der Waals surface area contributed by atoms with Crippen LogP contribution < -0.4 is 0 Å². The molecule has 0 bridgehead atoms. The van der Waals surface area contributed by atoms with Crippen molar-refractivity contribution in [1.82, 2.24) is 9.88 Å². The highest BCUT2D eigenvalue weighted by Crippen LogP contribution is 2.19. The van der Waals surface area contributed by atoms with Crippen LogP contribution in [-0.2, 0) is 11.3 Å². The van der Waals surface area contributed by atoms with E-state index in [0.29, 0.717) is 17.5 Å². The molecule has 1 unspecified atom stereocenters. The number of hydrogen-bond donors (Lipinski definition) is 0. The zero-order chi connectivity index (χ0) is 11.4. The first-order valence-electron chi connectivity index (χ1n) is 5.27. The first-order chi connectivity index (χ1) is 7.81. The van der Waals surface area contributed by atoms with E-state index in [1.54, 1.807) is 12.4 Å². The van der Waals surface area contributed by atoms with Crippen molar-refractivity contribution in [1.29, 1.82) is 0 Å². The van der Waals surface area contributed by atoms with Gasteiger partial charge in [0.2, 0.25) is 0 Å². The molecule has 0 aromatic carbocycles. The van der Waals surface area contributed by atoms with E-state index in [0.717, 1.165) is 25.3 Å². The van der Waals surface area contributed by atoms with E-state index >= 15 is 0 Å². The van der Waals surface area contributed by atoms with Gasteiger partial charge in [-0.05, 0) is 11.6 Å². The molecule has 0 amide bonds. The number of hydrogen-bond acceptors (Lipinski definition) is 3. The summed E-state index contributed by atoms with van der Waals surface area (Å²) in [6.45, 7) is 3.17. The second kappa shape index (κ2) is 5.82. The van der Waals surface area contributed by atoms with Gasteiger partial charge in [0.1, 0.15) is 0 Å². The van der Waals surface area contributed by atoms with Crippen LogP contribution in [0.2, 0.25) is 5.02 Å². The lowest BCUT2D eigenvalue weighted by Gasteiger charge is -2.34. The van der Waals surface area contributed by atoms with Crippen LogP contribution in [0.4, 0.5) is 0 Å². The molecule has 2 rings (SSSR count). The SMILES string of the molecule is ClCC1COCCN1Cc1ccncc1Cl. The topological polar surface area (TPSA) is 25.4 Å². The van der Waals surface area contributed by atoms with Crippen molar-refractivity contribution in [3.63, 3.8) is 0 Å². The van der Waals surface area contributed by atoms with Gasteiger partial charge in [0.15, 0.2) is 0 Å². The summed E-state index contributed by atoms with van der Waals surface area (Å²) in [6, 6.07) is 2.22. The van der Waals surface area contributed by atoms with Gasteiger partial charge in [-0.25, -0.2) is 0 Å². The monoisotopic (exact) mass is 260 g/mol. The van der Waals surface area contributed by atoms with Gasteiger partial charge in [-0.15, -0.1) is 11.6 Å². The highest BCUT2D eigenvalue weighted by atomic mass is 35.5. The summed E-state index contributed by atoms with van der Waals surface area (Å²) >= 11 is 12.0. The number of halogens is 2. The van der Waals surface area contributed by atoms with Crippen molar-refractivity contribution in [2.75, 3.05) is 25.6 Å². The Morgan fingerprint density at radius 3 is 3.19 bits per heavy atom. The minimum Gasteiger partial charge on any atom is -0.378 e. The van der Waals surface area contributed by atoms with Crippen molar-refractivity contribution in [3.8, 4) is 0 Å². The van der Waals surface area contributed by atoms with E-state index in [4.69, 9.17) is 27.9 Å². The Morgan fingerprint density at radius 2 is 2.44 bits per heavy atom. The summed E-state index contributed by atoms with van der Waals surface area (Å²) in [5.41, 5.74) is 1.09. The third-order valence-corrected chi connectivity index (χ3v) is 3.45. The number of pyridine rings is 1. The fraction of sp³-hybridized carbons (Fsp3) is 0.545. The molecule has 16 heavy (non-hydrogen) atoms. The average Bonchev–Trinajstić information content (AvgIpc) is 2.33. The van der Waals surface area contributed by atoms with Crippen LogP contribution in [0.15, 0.2) is 18.5 Å². The summed E-state index contributed by atoms with van der Waals surface area (Å²) in [4.78, 5) is 6.28. The van der Waals surface area contributed by atoms with Gasteiger partial charge in [0.05, 0.1) is 18.2 Å². The van der Waals surface area contributed by atoms with Crippen LogP contribution in [-0.4, -0.2) is 41.6 Å². The van der Waals surface area contributed by atoms with E-state index in [1.807, 2.05) is 6.07 Å². The standard InChI is InChI=1S/C11H14Cl2N2O/c12-5-10-8-16-4-3-15(10)7-9-1-2-14-6-11(9)13/h1-2,6,10H,3-5,7-8H2. The molecule has 1 saturated heterocycles. The van der Waals surface area contributed by atoms with Crippen molar-refractivity contribution < 1.29 is 4.74 Å².